The monoisotopic (exact) mass is 141 g/mol. The van der Waals surface area contributed by atoms with Gasteiger partial charge >= 0.3 is 10.3 Å². The molecular weight excluding hydrogens is 137 g/mol. The van der Waals surface area contributed by atoms with Crippen LogP contribution >= 0.6 is 0 Å². The zero-order valence-electron chi connectivity index (χ0n) is 3.76. The van der Waals surface area contributed by atoms with Gasteiger partial charge in [0.15, 0.2) is 5.95 Å². The van der Waals surface area contributed by atoms with E-state index in [2.05, 4.69) is 6.58 Å². The number of rotatable bonds is 2. The van der Waals surface area contributed by atoms with E-state index in [9.17, 15) is 12.8 Å². The highest BCUT2D eigenvalue weighted by Gasteiger charge is 2.01. The molecule has 0 spiro atoms. The van der Waals surface area contributed by atoms with Crippen LogP contribution in [0.1, 0.15) is 0 Å². The zero-order chi connectivity index (χ0) is 6.78. The van der Waals surface area contributed by atoms with E-state index >= 15 is 0 Å². The van der Waals surface area contributed by atoms with E-state index in [0.29, 0.717) is 0 Å². The molecule has 0 aliphatic rings. The molecule has 0 saturated heterocycles. The predicted molar refractivity (Wildman–Crippen MR) is 24.9 cm³/mol. The van der Waals surface area contributed by atoms with Crippen LogP contribution in [0.2, 0.25) is 0 Å². The Kier molecular flexibility index (Phi) is 1.94. The van der Waals surface area contributed by atoms with Gasteiger partial charge in [0.2, 0.25) is 0 Å². The number of nitrogens with one attached hydrogen (secondary N) is 1. The minimum atomic E-state index is -4.45. The Morgan fingerprint density at radius 1 is 1.75 bits per heavy atom. The summed E-state index contributed by atoms with van der Waals surface area (Å²) in [4.78, 5) is 0. The molecule has 4 nitrogen and oxygen atoms in total. The summed E-state index contributed by atoms with van der Waals surface area (Å²) in [6.07, 6.45) is 0. The fourth-order valence-electron chi connectivity index (χ4n) is 0.140. The largest absolute Gasteiger partial charge is 0.359 e. The van der Waals surface area contributed by atoms with Crippen molar-refractivity contribution >= 4 is 10.3 Å². The van der Waals surface area contributed by atoms with E-state index in [4.69, 9.17) is 4.55 Å². The maximum Gasteiger partial charge on any atom is 0.359 e. The summed E-state index contributed by atoms with van der Waals surface area (Å²) in [6.45, 7) is 2.52. The fraction of sp³-hybridized carbons (Fsp3) is 0. The smallest absolute Gasteiger partial charge is 0.269 e. The van der Waals surface area contributed by atoms with Crippen molar-refractivity contribution in [1.82, 2.24) is 4.72 Å². The lowest BCUT2D eigenvalue weighted by Crippen LogP contribution is -2.18. The normalized spacial score (nSPS) is 10.8. The molecule has 0 amide bonds. The second-order valence-corrected chi connectivity index (χ2v) is 2.14. The van der Waals surface area contributed by atoms with Crippen molar-refractivity contribution in [2.45, 2.75) is 0 Å². The molecule has 2 N–H and O–H groups in total. The first-order valence-electron chi connectivity index (χ1n) is 1.51. The Morgan fingerprint density at radius 2 is 2.12 bits per heavy atom. The molecule has 8 heavy (non-hydrogen) atoms. The van der Waals surface area contributed by atoms with Crippen molar-refractivity contribution in [2.24, 2.45) is 0 Å². The third-order valence-electron chi connectivity index (χ3n) is 0.240. The van der Waals surface area contributed by atoms with Crippen molar-refractivity contribution in [2.75, 3.05) is 0 Å². The lowest BCUT2D eigenvalue weighted by Gasteiger charge is -1.92. The van der Waals surface area contributed by atoms with Gasteiger partial charge in [-0.05, 0) is 6.58 Å². The van der Waals surface area contributed by atoms with Crippen LogP contribution in [0.3, 0.4) is 0 Å². The first kappa shape index (κ1) is 7.38. The first-order chi connectivity index (χ1) is 3.42. The number of hydrogen-bond donors (Lipinski definition) is 2. The van der Waals surface area contributed by atoms with Crippen LogP contribution in [0.5, 0.6) is 0 Å². The average molecular weight is 141 g/mol. The summed E-state index contributed by atoms with van der Waals surface area (Å²) in [5.74, 6) is -1.31. The minimum Gasteiger partial charge on any atom is -0.269 e. The molecule has 0 bridgehead atoms. The number of halogens is 1. The summed E-state index contributed by atoms with van der Waals surface area (Å²) in [5.41, 5.74) is 0. The Balaban J connectivity index is 3.95. The third kappa shape index (κ3) is 5.38. The molecule has 0 aromatic carbocycles. The molecule has 0 fully saturated rings. The topological polar surface area (TPSA) is 66.4 Å². The van der Waals surface area contributed by atoms with Gasteiger partial charge in [0.1, 0.15) is 0 Å². The van der Waals surface area contributed by atoms with Gasteiger partial charge in [-0.25, -0.2) is 4.72 Å². The van der Waals surface area contributed by atoms with Gasteiger partial charge in [-0.1, -0.05) is 0 Å². The molecule has 6 heteroatoms. The zero-order valence-corrected chi connectivity index (χ0v) is 4.57. The maximum absolute atomic E-state index is 11.4. The van der Waals surface area contributed by atoms with E-state index in [0.717, 1.165) is 4.72 Å². The van der Waals surface area contributed by atoms with Crippen molar-refractivity contribution < 1.29 is 17.4 Å². The van der Waals surface area contributed by atoms with Gasteiger partial charge in [-0.15, -0.1) is 0 Å². The van der Waals surface area contributed by atoms with Crippen molar-refractivity contribution in [3.8, 4) is 0 Å². The Hall–Kier alpha value is -0.620. The van der Waals surface area contributed by atoms with Gasteiger partial charge in [-0.2, -0.15) is 12.8 Å². The molecule has 0 atom stereocenters. The molecule has 0 heterocycles. The van der Waals surface area contributed by atoms with Crippen molar-refractivity contribution in [3.63, 3.8) is 0 Å². The van der Waals surface area contributed by atoms with Crippen LogP contribution in [0.15, 0.2) is 12.5 Å². The average Bonchev–Trinajstić information content (AvgIpc) is 1.21. The lowest BCUT2D eigenvalue weighted by atomic mass is 11.0. The molecule has 0 aromatic rings. The van der Waals surface area contributed by atoms with Crippen LogP contribution in [0.25, 0.3) is 0 Å². The van der Waals surface area contributed by atoms with Gasteiger partial charge in [0.05, 0.1) is 0 Å². The molecule has 0 radical (unpaired) electrons. The molecule has 0 unspecified atom stereocenters. The molecule has 0 aliphatic carbocycles. The Bertz CT molecular complexity index is 183. The van der Waals surface area contributed by atoms with E-state index in [-0.39, 0.29) is 0 Å². The molecule has 0 rings (SSSR count). The summed E-state index contributed by atoms with van der Waals surface area (Å²) >= 11 is 0. The van der Waals surface area contributed by atoms with Crippen LogP contribution in [-0.2, 0) is 10.3 Å². The van der Waals surface area contributed by atoms with Gasteiger partial charge in [-0.3, -0.25) is 4.55 Å². The predicted octanol–water partition coefficient (Wildman–Crippen LogP) is -0.180. The number of hydrogen-bond acceptors (Lipinski definition) is 2. The Morgan fingerprint density at radius 3 is 2.12 bits per heavy atom. The van der Waals surface area contributed by atoms with Gasteiger partial charge in [0, 0.05) is 0 Å². The van der Waals surface area contributed by atoms with Crippen LogP contribution < -0.4 is 4.72 Å². The Labute approximate surface area is 45.9 Å². The van der Waals surface area contributed by atoms with Crippen molar-refractivity contribution in [1.29, 1.82) is 0 Å². The quantitative estimate of drug-likeness (QED) is 0.414. The summed E-state index contributed by atoms with van der Waals surface area (Å²) in [7, 11) is -4.45. The molecule has 0 aromatic heterocycles. The first-order valence-corrected chi connectivity index (χ1v) is 2.95. The van der Waals surface area contributed by atoms with E-state index in [1.54, 1.807) is 0 Å². The molecule has 48 valence electrons. The standard InChI is InChI=1S/C2H4FNO3S/c1-2(3)4-8(5,6)7/h4H,1H2,(H,5,6,7). The molecule has 0 saturated carbocycles. The SMILES string of the molecule is C=C(F)NS(=O)(=O)O. The van der Waals surface area contributed by atoms with E-state index < -0.39 is 16.3 Å². The summed E-state index contributed by atoms with van der Waals surface area (Å²) < 4.78 is 39.3. The van der Waals surface area contributed by atoms with E-state index in [1.165, 1.54) is 0 Å². The minimum absolute atomic E-state index is 1.05. The van der Waals surface area contributed by atoms with Crippen LogP contribution in [-0.4, -0.2) is 13.0 Å². The van der Waals surface area contributed by atoms with Gasteiger partial charge < -0.3 is 0 Å². The maximum atomic E-state index is 11.4. The highest BCUT2D eigenvalue weighted by atomic mass is 32.2. The lowest BCUT2D eigenvalue weighted by molar-refractivity contribution is 0.462. The fourth-order valence-corrected chi connectivity index (χ4v) is 0.420. The summed E-state index contributed by atoms with van der Waals surface area (Å²) in [5, 5.41) is 0. The third-order valence-corrected chi connectivity index (χ3v) is 0.719. The molecule has 0 aliphatic heterocycles. The molecular formula is C2H4FNO3S. The van der Waals surface area contributed by atoms with Crippen LogP contribution in [0.4, 0.5) is 4.39 Å². The second kappa shape index (κ2) is 2.10. The van der Waals surface area contributed by atoms with Gasteiger partial charge in [0.25, 0.3) is 0 Å². The summed E-state index contributed by atoms with van der Waals surface area (Å²) in [6, 6.07) is 0. The van der Waals surface area contributed by atoms with E-state index in [1.807, 2.05) is 0 Å². The van der Waals surface area contributed by atoms with Crippen LogP contribution in [0, 0.1) is 0 Å². The highest BCUT2D eigenvalue weighted by molar-refractivity contribution is 7.83. The second-order valence-electron chi connectivity index (χ2n) is 0.982. The highest BCUT2D eigenvalue weighted by Crippen LogP contribution is 1.84. The van der Waals surface area contributed by atoms with Crippen molar-refractivity contribution in [3.05, 3.63) is 12.5 Å².